The highest BCUT2D eigenvalue weighted by Gasteiger charge is 2.32. The molecule has 1 aliphatic heterocycles. The first-order valence-electron chi connectivity index (χ1n) is 7.29. The lowest BCUT2D eigenvalue weighted by Crippen LogP contribution is -2.16. The van der Waals surface area contributed by atoms with E-state index in [0.29, 0.717) is 11.1 Å². The number of ether oxygens (including phenoxy) is 2. The van der Waals surface area contributed by atoms with Crippen molar-refractivity contribution in [1.29, 1.82) is 0 Å². The number of hydrogen-bond acceptors (Lipinski definition) is 5. The monoisotopic (exact) mass is 328 g/mol. The van der Waals surface area contributed by atoms with Crippen molar-refractivity contribution in [2.75, 3.05) is 6.61 Å². The Balaban J connectivity index is 1.56. The van der Waals surface area contributed by atoms with Gasteiger partial charge in [-0.15, -0.1) is 0 Å². The minimum absolute atomic E-state index is 0.167. The lowest BCUT2D eigenvalue weighted by molar-refractivity contribution is -0.144. The van der Waals surface area contributed by atoms with Crippen LogP contribution in [0, 0.1) is 5.82 Å². The third kappa shape index (κ3) is 3.32. The van der Waals surface area contributed by atoms with E-state index in [-0.39, 0.29) is 12.0 Å². The van der Waals surface area contributed by atoms with E-state index in [4.69, 9.17) is 9.47 Å². The van der Waals surface area contributed by atoms with E-state index in [1.165, 1.54) is 12.1 Å². The fourth-order valence-corrected chi connectivity index (χ4v) is 2.45. The molecule has 0 unspecified atom stereocenters. The summed E-state index contributed by atoms with van der Waals surface area (Å²) in [4.78, 5) is 35.4. The van der Waals surface area contributed by atoms with Crippen LogP contribution in [0.1, 0.15) is 38.8 Å². The zero-order valence-corrected chi connectivity index (χ0v) is 12.5. The molecule has 0 spiro atoms. The molecule has 0 aromatic heterocycles. The Morgan fingerprint density at radius 1 is 1.08 bits per heavy atom. The molecular formula is C18H13FO5. The van der Waals surface area contributed by atoms with E-state index in [1.807, 2.05) is 0 Å². The maximum atomic E-state index is 12.8. The van der Waals surface area contributed by atoms with Gasteiger partial charge in [-0.05, 0) is 30.3 Å². The van der Waals surface area contributed by atoms with Crippen LogP contribution in [0.2, 0.25) is 0 Å². The molecule has 2 aromatic rings. The van der Waals surface area contributed by atoms with Crippen LogP contribution in [0.25, 0.3) is 0 Å². The maximum absolute atomic E-state index is 12.8. The Morgan fingerprint density at radius 3 is 2.54 bits per heavy atom. The quantitative estimate of drug-likeness (QED) is 0.623. The van der Waals surface area contributed by atoms with Crippen LogP contribution in [-0.4, -0.2) is 24.3 Å². The molecule has 0 bridgehead atoms. The zero-order valence-electron chi connectivity index (χ0n) is 12.5. The average Bonchev–Trinajstić information content (AvgIpc) is 2.90. The van der Waals surface area contributed by atoms with Crippen molar-refractivity contribution in [3.05, 3.63) is 71.0 Å². The molecule has 0 saturated carbocycles. The van der Waals surface area contributed by atoms with Gasteiger partial charge in [0, 0.05) is 11.1 Å². The van der Waals surface area contributed by atoms with E-state index >= 15 is 0 Å². The second-order valence-electron chi connectivity index (χ2n) is 5.28. The van der Waals surface area contributed by atoms with Crippen molar-refractivity contribution in [2.45, 2.75) is 12.5 Å². The Morgan fingerprint density at radius 2 is 1.79 bits per heavy atom. The number of fused-ring (bicyclic) bond motifs is 1. The summed E-state index contributed by atoms with van der Waals surface area (Å²) in [5.41, 5.74) is 1.31. The SMILES string of the molecule is O=C(C[C@H]1OC(=O)c2ccccc21)OCC(=O)c1ccc(F)cc1. The van der Waals surface area contributed by atoms with Crippen LogP contribution in [0.5, 0.6) is 0 Å². The molecule has 1 aliphatic rings. The molecule has 3 rings (SSSR count). The van der Waals surface area contributed by atoms with E-state index < -0.39 is 36.2 Å². The Hall–Kier alpha value is -3.02. The second kappa shape index (κ2) is 6.62. The van der Waals surface area contributed by atoms with Crippen LogP contribution >= 0.6 is 0 Å². The number of benzene rings is 2. The molecule has 1 heterocycles. The van der Waals surface area contributed by atoms with E-state index in [2.05, 4.69) is 0 Å². The lowest BCUT2D eigenvalue weighted by Gasteiger charge is -2.10. The number of Topliss-reactive ketones (excluding diaryl/α,β-unsaturated/α-hetero) is 1. The number of halogens is 1. The van der Waals surface area contributed by atoms with Crippen LogP contribution in [0.4, 0.5) is 4.39 Å². The summed E-state index contributed by atoms with van der Waals surface area (Å²) < 4.78 is 22.9. The van der Waals surface area contributed by atoms with Gasteiger partial charge >= 0.3 is 11.9 Å². The number of ketones is 1. The van der Waals surface area contributed by atoms with Gasteiger partial charge in [0.25, 0.3) is 0 Å². The van der Waals surface area contributed by atoms with E-state index in [9.17, 15) is 18.8 Å². The van der Waals surface area contributed by atoms with Crippen LogP contribution < -0.4 is 0 Å². The normalized spacial score (nSPS) is 15.5. The van der Waals surface area contributed by atoms with Crippen molar-refractivity contribution in [3.63, 3.8) is 0 Å². The summed E-state index contributed by atoms with van der Waals surface area (Å²) in [6.45, 7) is -0.452. The van der Waals surface area contributed by atoms with Crippen molar-refractivity contribution in [2.24, 2.45) is 0 Å². The fraction of sp³-hybridized carbons (Fsp3) is 0.167. The van der Waals surface area contributed by atoms with Gasteiger partial charge in [0.15, 0.2) is 12.4 Å². The summed E-state index contributed by atoms with van der Waals surface area (Å²) >= 11 is 0. The molecule has 24 heavy (non-hydrogen) atoms. The Kier molecular flexibility index (Phi) is 4.37. The summed E-state index contributed by atoms with van der Waals surface area (Å²) in [6.07, 6.45) is -0.874. The number of rotatable bonds is 5. The van der Waals surface area contributed by atoms with Gasteiger partial charge in [-0.2, -0.15) is 0 Å². The Bertz CT molecular complexity index is 797. The Labute approximate surface area is 137 Å². The van der Waals surface area contributed by atoms with Gasteiger partial charge in [-0.25, -0.2) is 9.18 Å². The second-order valence-corrected chi connectivity index (χ2v) is 5.28. The maximum Gasteiger partial charge on any atom is 0.339 e. The van der Waals surface area contributed by atoms with E-state index in [0.717, 1.165) is 12.1 Å². The first kappa shape index (κ1) is 15.9. The van der Waals surface area contributed by atoms with Crippen molar-refractivity contribution < 1.29 is 28.2 Å². The zero-order chi connectivity index (χ0) is 17.1. The number of carbonyl (C=O) groups is 3. The first-order chi connectivity index (χ1) is 11.5. The number of esters is 2. The van der Waals surface area contributed by atoms with Gasteiger partial charge in [0.1, 0.15) is 11.9 Å². The standard InChI is InChI=1S/C18H13FO5/c19-12-7-5-11(6-8-12)15(20)10-23-17(21)9-16-13-3-1-2-4-14(13)18(22)24-16/h1-8,16H,9-10H2/t16-/m1/s1. The van der Waals surface area contributed by atoms with Crippen LogP contribution in [0.3, 0.4) is 0 Å². The van der Waals surface area contributed by atoms with Crippen LogP contribution in [0.15, 0.2) is 48.5 Å². The third-order valence-corrected chi connectivity index (χ3v) is 3.66. The first-order valence-corrected chi connectivity index (χ1v) is 7.29. The molecule has 1 atom stereocenters. The number of hydrogen-bond donors (Lipinski definition) is 0. The molecule has 122 valence electrons. The minimum Gasteiger partial charge on any atom is -0.457 e. The summed E-state index contributed by atoms with van der Waals surface area (Å²) in [5, 5.41) is 0. The largest absolute Gasteiger partial charge is 0.457 e. The van der Waals surface area contributed by atoms with Crippen molar-refractivity contribution in [3.8, 4) is 0 Å². The van der Waals surface area contributed by atoms with Crippen LogP contribution in [-0.2, 0) is 14.3 Å². The molecule has 0 fully saturated rings. The molecule has 0 radical (unpaired) electrons. The summed E-state index contributed by atoms with van der Waals surface area (Å²) in [5.74, 6) is -2.02. The summed E-state index contributed by atoms with van der Waals surface area (Å²) in [6, 6.07) is 11.7. The van der Waals surface area contributed by atoms with E-state index in [1.54, 1.807) is 24.3 Å². The third-order valence-electron chi connectivity index (χ3n) is 3.66. The molecule has 0 saturated heterocycles. The molecule has 2 aromatic carbocycles. The highest BCUT2D eigenvalue weighted by atomic mass is 19.1. The molecule has 0 aliphatic carbocycles. The van der Waals surface area contributed by atoms with Crippen molar-refractivity contribution >= 4 is 17.7 Å². The molecular weight excluding hydrogens is 315 g/mol. The predicted octanol–water partition coefficient (Wildman–Crippen LogP) is 2.85. The van der Waals surface area contributed by atoms with Crippen molar-refractivity contribution in [1.82, 2.24) is 0 Å². The topological polar surface area (TPSA) is 69.7 Å². The number of carbonyl (C=O) groups excluding carboxylic acids is 3. The van der Waals surface area contributed by atoms with Gasteiger partial charge in [-0.3, -0.25) is 9.59 Å². The highest BCUT2D eigenvalue weighted by Crippen LogP contribution is 2.32. The predicted molar refractivity (Wildman–Crippen MR) is 80.9 cm³/mol. The van der Waals surface area contributed by atoms with Gasteiger partial charge < -0.3 is 9.47 Å². The molecule has 0 amide bonds. The average molecular weight is 328 g/mol. The fourth-order valence-electron chi connectivity index (χ4n) is 2.45. The van der Waals surface area contributed by atoms with Gasteiger partial charge in [-0.1, -0.05) is 18.2 Å². The highest BCUT2D eigenvalue weighted by molar-refractivity contribution is 5.98. The summed E-state index contributed by atoms with van der Waals surface area (Å²) in [7, 11) is 0. The van der Waals surface area contributed by atoms with Gasteiger partial charge in [0.05, 0.1) is 12.0 Å². The minimum atomic E-state index is -0.706. The smallest absolute Gasteiger partial charge is 0.339 e. The lowest BCUT2D eigenvalue weighted by atomic mass is 10.0. The molecule has 0 N–H and O–H groups in total. The molecule has 6 heteroatoms. The van der Waals surface area contributed by atoms with Gasteiger partial charge in [0.2, 0.25) is 0 Å². The molecule has 5 nitrogen and oxygen atoms in total. The number of cyclic esters (lactones) is 1.